The second-order valence-corrected chi connectivity index (χ2v) is 4.63. The van der Waals surface area contributed by atoms with Gasteiger partial charge in [-0.1, -0.05) is 18.2 Å². The minimum atomic E-state index is -0.466. The maximum Gasteiger partial charge on any atom is 0.282 e. The fourth-order valence-corrected chi connectivity index (χ4v) is 2.07. The van der Waals surface area contributed by atoms with Crippen LogP contribution in [0.3, 0.4) is 0 Å². The maximum absolute atomic E-state index is 11.2. The molecule has 0 radical (unpaired) electrons. The van der Waals surface area contributed by atoms with E-state index in [1.54, 1.807) is 18.1 Å². The topological polar surface area (TPSA) is 77.2 Å². The minimum absolute atomic E-state index is 0.0665. The van der Waals surface area contributed by atoms with Gasteiger partial charge in [-0.2, -0.15) is 5.10 Å². The Morgan fingerprint density at radius 3 is 2.59 bits per heavy atom. The van der Waals surface area contributed by atoms with Crippen LogP contribution in [0, 0.1) is 10.1 Å². The van der Waals surface area contributed by atoms with Crippen molar-refractivity contribution in [2.45, 2.75) is 0 Å². The van der Waals surface area contributed by atoms with Gasteiger partial charge in [0.25, 0.3) is 5.69 Å². The van der Waals surface area contributed by atoms with E-state index < -0.39 is 4.92 Å². The molecule has 0 bridgehead atoms. The number of hydrogen-bond acceptors (Lipinski definition) is 6. The number of rotatable bonds is 4. The van der Waals surface area contributed by atoms with Gasteiger partial charge in [0.1, 0.15) is 0 Å². The summed E-state index contributed by atoms with van der Waals surface area (Å²) in [6.07, 6.45) is 1.44. The number of hydrazone groups is 1. The van der Waals surface area contributed by atoms with E-state index in [1.165, 1.54) is 12.3 Å². The van der Waals surface area contributed by atoms with Crippen molar-refractivity contribution < 1.29 is 14.4 Å². The molecule has 22 heavy (non-hydrogen) atoms. The van der Waals surface area contributed by atoms with Gasteiger partial charge in [0, 0.05) is 7.05 Å². The van der Waals surface area contributed by atoms with Crippen molar-refractivity contribution in [2.75, 3.05) is 18.8 Å². The summed E-state index contributed by atoms with van der Waals surface area (Å²) >= 11 is 0. The molecule has 2 aromatic carbocycles. The first-order valence-corrected chi connectivity index (χ1v) is 6.56. The maximum atomic E-state index is 11.2. The van der Waals surface area contributed by atoms with Crippen LogP contribution in [0.25, 0.3) is 0 Å². The first-order chi connectivity index (χ1) is 10.6. The molecular weight excluding hydrogens is 286 g/mol. The normalized spacial score (nSPS) is 12.6. The summed E-state index contributed by atoms with van der Waals surface area (Å²) in [5.74, 6) is 0.856. The number of hydrogen-bond donors (Lipinski definition) is 0. The van der Waals surface area contributed by atoms with Gasteiger partial charge in [0.05, 0.1) is 28.5 Å². The Labute approximate surface area is 126 Å². The standard InChI is InChI=1S/C15H13N3O4/c1-17(12-5-3-2-4-6-12)16-9-11-7-14-15(22-10-21-14)8-13(11)18(19)20/h2-9H,10H2,1H3/b16-9+. The van der Waals surface area contributed by atoms with E-state index in [0.717, 1.165) is 5.69 Å². The number of anilines is 1. The Balaban J connectivity index is 1.91. The summed E-state index contributed by atoms with van der Waals surface area (Å²) in [6, 6.07) is 12.4. The third-order valence-corrected chi connectivity index (χ3v) is 3.22. The second-order valence-electron chi connectivity index (χ2n) is 4.63. The smallest absolute Gasteiger partial charge is 0.282 e. The van der Waals surface area contributed by atoms with Crippen LogP contribution in [0.15, 0.2) is 47.6 Å². The van der Waals surface area contributed by atoms with Gasteiger partial charge in [0.15, 0.2) is 11.5 Å². The summed E-state index contributed by atoms with van der Waals surface area (Å²) < 4.78 is 10.4. The Kier molecular flexibility index (Phi) is 3.61. The molecule has 1 aliphatic rings. The van der Waals surface area contributed by atoms with Gasteiger partial charge in [0.2, 0.25) is 6.79 Å². The molecule has 0 aliphatic carbocycles. The predicted molar refractivity (Wildman–Crippen MR) is 81.7 cm³/mol. The van der Waals surface area contributed by atoms with Crippen molar-refractivity contribution in [2.24, 2.45) is 5.10 Å². The van der Waals surface area contributed by atoms with Crippen LogP contribution in [0.2, 0.25) is 0 Å². The first-order valence-electron chi connectivity index (χ1n) is 6.56. The Bertz CT molecular complexity index is 731. The van der Waals surface area contributed by atoms with E-state index in [-0.39, 0.29) is 12.5 Å². The fourth-order valence-electron chi connectivity index (χ4n) is 2.07. The number of nitrogens with zero attached hydrogens (tertiary/aromatic N) is 3. The van der Waals surface area contributed by atoms with Crippen molar-refractivity contribution in [3.05, 3.63) is 58.1 Å². The Morgan fingerprint density at radius 1 is 1.23 bits per heavy atom. The van der Waals surface area contributed by atoms with Crippen molar-refractivity contribution >= 4 is 17.6 Å². The highest BCUT2D eigenvalue weighted by atomic mass is 16.7. The van der Waals surface area contributed by atoms with Crippen LogP contribution in [-0.4, -0.2) is 25.0 Å². The molecule has 0 spiro atoms. The van der Waals surface area contributed by atoms with Crippen LogP contribution in [-0.2, 0) is 0 Å². The van der Waals surface area contributed by atoms with Gasteiger partial charge in [-0.3, -0.25) is 15.1 Å². The Morgan fingerprint density at radius 2 is 1.91 bits per heavy atom. The molecule has 7 nitrogen and oxygen atoms in total. The van der Waals surface area contributed by atoms with Gasteiger partial charge in [-0.25, -0.2) is 0 Å². The lowest BCUT2D eigenvalue weighted by molar-refractivity contribution is -0.385. The van der Waals surface area contributed by atoms with E-state index in [9.17, 15) is 10.1 Å². The molecule has 1 heterocycles. The number of ether oxygens (including phenoxy) is 2. The molecule has 0 fully saturated rings. The van der Waals surface area contributed by atoms with Crippen LogP contribution in [0.1, 0.15) is 5.56 Å². The molecule has 0 atom stereocenters. The number of para-hydroxylation sites is 1. The largest absolute Gasteiger partial charge is 0.454 e. The van der Waals surface area contributed by atoms with Crippen molar-refractivity contribution in [3.8, 4) is 11.5 Å². The lowest BCUT2D eigenvalue weighted by atomic mass is 10.1. The summed E-state index contributed by atoms with van der Waals surface area (Å²) in [5.41, 5.74) is 1.16. The lowest BCUT2D eigenvalue weighted by Gasteiger charge is -2.12. The SMILES string of the molecule is CN(/N=C/c1cc2c(cc1[N+](=O)[O-])OCO2)c1ccccc1. The van der Waals surface area contributed by atoms with Gasteiger partial charge in [-0.05, 0) is 18.2 Å². The highest BCUT2D eigenvalue weighted by molar-refractivity contribution is 5.87. The molecule has 2 aromatic rings. The van der Waals surface area contributed by atoms with E-state index >= 15 is 0 Å². The van der Waals surface area contributed by atoms with Crippen molar-refractivity contribution in [3.63, 3.8) is 0 Å². The average molecular weight is 299 g/mol. The van der Waals surface area contributed by atoms with Crippen LogP contribution in [0.5, 0.6) is 11.5 Å². The van der Waals surface area contributed by atoms with Gasteiger partial charge < -0.3 is 9.47 Å². The van der Waals surface area contributed by atoms with E-state index in [2.05, 4.69) is 5.10 Å². The van der Waals surface area contributed by atoms with E-state index in [4.69, 9.17) is 9.47 Å². The zero-order chi connectivity index (χ0) is 15.5. The predicted octanol–water partition coefficient (Wildman–Crippen LogP) is 2.79. The van der Waals surface area contributed by atoms with Crippen LogP contribution >= 0.6 is 0 Å². The zero-order valence-corrected chi connectivity index (χ0v) is 11.8. The number of nitro benzene ring substituents is 1. The molecule has 0 saturated heterocycles. The van der Waals surface area contributed by atoms with Gasteiger partial charge in [-0.15, -0.1) is 0 Å². The highest BCUT2D eigenvalue weighted by Gasteiger charge is 2.22. The lowest BCUT2D eigenvalue weighted by Crippen LogP contribution is -2.09. The number of fused-ring (bicyclic) bond motifs is 1. The van der Waals surface area contributed by atoms with E-state index in [1.807, 2.05) is 30.3 Å². The molecule has 1 aliphatic heterocycles. The molecule has 0 aromatic heterocycles. The first kappa shape index (κ1) is 13.9. The zero-order valence-electron chi connectivity index (χ0n) is 11.8. The molecule has 0 unspecified atom stereocenters. The third-order valence-electron chi connectivity index (χ3n) is 3.22. The summed E-state index contributed by atoms with van der Waals surface area (Å²) in [4.78, 5) is 10.7. The van der Waals surface area contributed by atoms with Crippen LogP contribution in [0.4, 0.5) is 11.4 Å². The molecule has 112 valence electrons. The van der Waals surface area contributed by atoms with Crippen molar-refractivity contribution in [1.82, 2.24) is 0 Å². The molecule has 0 amide bonds. The van der Waals surface area contributed by atoms with Crippen molar-refractivity contribution in [1.29, 1.82) is 0 Å². The number of benzene rings is 2. The molecule has 0 N–H and O–H groups in total. The quantitative estimate of drug-likeness (QED) is 0.493. The number of nitro groups is 1. The Hall–Kier alpha value is -3.09. The third kappa shape index (κ3) is 2.69. The second kappa shape index (κ2) is 5.72. The monoisotopic (exact) mass is 299 g/mol. The average Bonchev–Trinajstić information content (AvgIpc) is 2.99. The van der Waals surface area contributed by atoms with Crippen LogP contribution < -0.4 is 14.5 Å². The minimum Gasteiger partial charge on any atom is -0.454 e. The van der Waals surface area contributed by atoms with E-state index in [0.29, 0.717) is 17.1 Å². The fraction of sp³-hybridized carbons (Fsp3) is 0.133. The molecule has 0 saturated carbocycles. The molecule has 3 rings (SSSR count). The summed E-state index contributed by atoms with van der Waals surface area (Å²) in [7, 11) is 1.77. The highest BCUT2D eigenvalue weighted by Crippen LogP contribution is 2.37. The summed E-state index contributed by atoms with van der Waals surface area (Å²) in [5, 5.41) is 17.0. The summed E-state index contributed by atoms with van der Waals surface area (Å²) in [6.45, 7) is 0.0665. The molecular formula is C15H13N3O4. The van der Waals surface area contributed by atoms with Gasteiger partial charge >= 0.3 is 0 Å². The molecule has 7 heteroatoms.